The van der Waals surface area contributed by atoms with E-state index < -0.39 is 0 Å². The van der Waals surface area contributed by atoms with Crippen LogP contribution in [0.5, 0.6) is 0 Å². The van der Waals surface area contributed by atoms with E-state index in [-0.39, 0.29) is 0 Å². The zero-order valence-electron chi connectivity index (χ0n) is 9.47. The highest BCUT2D eigenvalue weighted by Crippen LogP contribution is 2.33. The van der Waals surface area contributed by atoms with Crippen LogP contribution < -0.4 is 5.32 Å². The Morgan fingerprint density at radius 3 is 2.76 bits per heavy atom. The van der Waals surface area contributed by atoms with Gasteiger partial charge in [-0.15, -0.1) is 0 Å². The SMILES string of the molecule is CCNCc1ccc(-c2cscc2Br)cc1Cl. The maximum absolute atomic E-state index is 6.28. The molecule has 0 aliphatic carbocycles. The molecule has 90 valence electrons. The number of nitrogens with one attached hydrogen (secondary N) is 1. The Bertz CT molecular complexity index is 510. The summed E-state index contributed by atoms with van der Waals surface area (Å²) >= 11 is 11.5. The van der Waals surface area contributed by atoms with Crippen LogP contribution in [0.3, 0.4) is 0 Å². The van der Waals surface area contributed by atoms with E-state index in [1.54, 1.807) is 11.3 Å². The van der Waals surface area contributed by atoms with Gasteiger partial charge in [-0.2, -0.15) is 11.3 Å². The van der Waals surface area contributed by atoms with Gasteiger partial charge < -0.3 is 5.32 Å². The van der Waals surface area contributed by atoms with Gasteiger partial charge in [-0.3, -0.25) is 0 Å². The van der Waals surface area contributed by atoms with Crippen LogP contribution >= 0.6 is 38.9 Å². The highest BCUT2D eigenvalue weighted by Gasteiger charge is 2.07. The van der Waals surface area contributed by atoms with Crippen LogP contribution in [-0.4, -0.2) is 6.54 Å². The van der Waals surface area contributed by atoms with Crippen molar-refractivity contribution < 1.29 is 0 Å². The molecule has 1 N–H and O–H groups in total. The molecule has 1 aromatic carbocycles. The first kappa shape index (κ1) is 13.1. The molecule has 4 heteroatoms. The lowest BCUT2D eigenvalue weighted by Gasteiger charge is -2.07. The van der Waals surface area contributed by atoms with Crippen LogP contribution in [0.15, 0.2) is 33.4 Å². The molecule has 0 unspecified atom stereocenters. The number of hydrogen-bond donors (Lipinski definition) is 1. The van der Waals surface area contributed by atoms with Gasteiger partial charge in [-0.25, -0.2) is 0 Å². The molecular weight excluding hydrogens is 318 g/mol. The van der Waals surface area contributed by atoms with Crippen molar-refractivity contribution in [2.75, 3.05) is 6.54 Å². The molecule has 0 fully saturated rings. The van der Waals surface area contributed by atoms with Gasteiger partial charge >= 0.3 is 0 Å². The molecule has 2 aromatic rings. The maximum atomic E-state index is 6.28. The second kappa shape index (κ2) is 6.01. The van der Waals surface area contributed by atoms with Gasteiger partial charge in [0.15, 0.2) is 0 Å². The maximum Gasteiger partial charge on any atom is 0.0457 e. The smallest absolute Gasteiger partial charge is 0.0457 e. The summed E-state index contributed by atoms with van der Waals surface area (Å²) in [6, 6.07) is 6.23. The molecule has 0 bridgehead atoms. The minimum Gasteiger partial charge on any atom is -0.313 e. The van der Waals surface area contributed by atoms with Crippen LogP contribution in [0.1, 0.15) is 12.5 Å². The van der Waals surface area contributed by atoms with Gasteiger partial charge in [-0.05, 0) is 45.0 Å². The van der Waals surface area contributed by atoms with E-state index in [1.165, 1.54) is 5.56 Å². The van der Waals surface area contributed by atoms with E-state index in [0.717, 1.165) is 33.7 Å². The average molecular weight is 331 g/mol. The van der Waals surface area contributed by atoms with Gasteiger partial charge in [-0.1, -0.05) is 30.7 Å². The van der Waals surface area contributed by atoms with Crippen molar-refractivity contribution in [1.82, 2.24) is 5.32 Å². The van der Waals surface area contributed by atoms with Crippen molar-refractivity contribution in [3.05, 3.63) is 44.0 Å². The fourth-order valence-corrected chi connectivity index (χ4v) is 3.39. The van der Waals surface area contributed by atoms with Crippen LogP contribution in [0.4, 0.5) is 0 Å². The molecule has 0 amide bonds. The Kier molecular flexibility index (Phi) is 4.62. The minimum absolute atomic E-state index is 0.820. The molecule has 0 saturated heterocycles. The highest BCUT2D eigenvalue weighted by molar-refractivity contribution is 9.10. The lowest BCUT2D eigenvalue weighted by molar-refractivity contribution is 0.727. The number of rotatable bonds is 4. The largest absolute Gasteiger partial charge is 0.313 e. The Balaban J connectivity index is 2.28. The van der Waals surface area contributed by atoms with Gasteiger partial charge in [0.05, 0.1) is 0 Å². The Labute approximate surface area is 119 Å². The molecule has 1 heterocycles. The van der Waals surface area contributed by atoms with Crippen LogP contribution in [0.25, 0.3) is 11.1 Å². The molecule has 0 spiro atoms. The molecular formula is C13H13BrClNS. The zero-order chi connectivity index (χ0) is 12.3. The van der Waals surface area contributed by atoms with Gasteiger partial charge in [0.1, 0.15) is 0 Å². The molecule has 0 atom stereocenters. The third-order valence-electron chi connectivity index (χ3n) is 2.54. The second-order valence-corrected chi connectivity index (χ2v) is 5.73. The number of hydrogen-bond acceptors (Lipinski definition) is 2. The van der Waals surface area contributed by atoms with Crippen LogP contribution in [0.2, 0.25) is 5.02 Å². The lowest BCUT2D eigenvalue weighted by atomic mass is 10.1. The summed E-state index contributed by atoms with van der Waals surface area (Å²) in [6.45, 7) is 3.86. The summed E-state index contributed by atoms with van der Waals surface area (Å²) in [7, 11) is 0. The monoisotopic (exact) mass is 329 g/mol. The standard InChI is InChI=1S/C13H13BrClNS/c1-2-16-6-10-4-3-9(5-13(10)15)11-7-17-8-12(11)14/h3-5,7-8,16H,2,6H2,1H3. The summed E-state index contributed by atoms with van der Waals surface area (Å²) in [5.41, 5.74) is 3.50. The summed E-state index contributed by atoms with van der Waals surface area (Å²) in [4.78, 5) is 0. The molecule has 0 saturated carbocycles. The third kappa shape index (κ3) is 3.10. The normalized spacial score (nSPS) is 10.8. The van der Waals surface area contributed by atoms with Crippen molar-refractivity contribution >= 4 is 38.9 Å². The molecule has 1 aromatic heterocycles. The Morgan fingerprint density at radius 1 is 1.35 bits per heavy atom. The van der Waals surface area contributed by atoms with Crippen molar-refractivity contribution in [3.8, 4) is 11.1 Å². The number of halogens is 2. The fraction of sp³-hybridized carbons (Fsp3) is 0.231. The predicted octanol–water partition coefficient (Wildman–Crippen LogP) is 4.94. The molecule has 17 heavy (non-hydrogen) atoms. The van der Waals surface area contributed by atoms with E-state index in [0.29, 0.717) is 0 Å². The summed E-state index contributed by atoms with van der Waals surface area (Å²) in [5, 5.41) is 8.30. The molecule has 0 radical (unpaired) electrons. The quantitative estimate of drug-likeness (QED) is 0.837. The first-order chi connectivity index (χ1) is 8.22. The highest BCUT2D eigenvalue weighted by atomic mass is 79.9. The third-order valence-corrected chi connectivity index (χ3v) is 4.60. The lowest BCUT2D eigenvalue weighted by Crippen LogP contribution is -2.11. The van der Waals surface area contributed by atoms with Crippen molar-refractivity contribution in [3.63, 3.8) is 0 Å². The van der Waals surface area contributed by atoms with Gasteiger partial charge in [0.25, 0.3) is 0 Å². The Morgan fingerprint density at radius 2 is 2.18 bits per heavy atom. The molecule has 1 nitrogen and oxygen atoms in total. The Hall–Kier alpha value is -0.350. The topological polar surface area (TPSA) is 12.0 Å². The fourth-order valence-electron chi connectivity index (χ4n) is 1.61. The van der Waals surface area contributed by atoms with Crippen molar-refractivity contribution in [1.29, 1.82) is 0 Å². The van der Waals surface area contributed by atoms with Crippen molar-refractivity contribution in [2.45, 2.75) is 13.5 Å². The second-order valence-electron chi connectivity index (χ2n) is 3.72. The average Bonchev–Trinajstić information content (AvgIpc) is 2.74. The van der Waals surface area contributed by atoms with E-state index >= 15 is 0 Å². The van der Waals surface area contributed by atoms with Crippen LogP contribution in [-0.2, 0) is 6.54 Å². The van der Waals surface area contributed by atoms with E-state index in [4.69, 9.17) is 11.6 Å². The summed E-state index contributed by atoms with van der Waals surface area (Å²) < 4.78 is 1.12. The summed E-state index contributed by atoms with van der Waals surface area (Å²) in [6.07, 6.45) is 0. The first-order valence-electron chi connectivity index (χ1n) is 5.43. The van der Waals surface area contributed by atoms with E-state index in [1.807, 2.05) is 6.07 Å². The van der Waals surface area contributed by atoms with Crippen LogP contribution in [0, 0.1) is 0 Å². The predicted molar refractivity (Wildman–Crippen MR) is 79.8 cm³/mol. The minimum atomic E-state index is 0.820. The van der Waals surface area contributed by atoms with E-state index in [9.17, 15) is 0 Å². The molecule has 0 aliphatic heterocycles. The van der Waals surface area contributed by atoms with Gasteiger partial charge in [0.2, 0.25) is 0 Å². The number of thiophene rings is 1. The van der Waals surface area contributed by atoms with E-state index in [2.05, 4.69) is 51.1 Å². The molecule has 0 aliphatic rings. The van der Waals surface area contributed by atoms with Crippen molar-refractivity contribution in [2.24, 2.45) is 0 Å². The number of benzene rings is 1. The van der Waals surface area contributed by atoms with Gasteiger partial charge in [0, 0.05) is 27.0 Å². The summed E-state index contributed by atoms with van der Waals surface area (Å²) in [5.74, 6) is 0. The zero-order valence-corrected chi connectivity index (χ0v) is 12.6. The molecule has 2 rings (SSSR count). The first-order valence-corrected chi connectivity index (χ1v) is 7.55.